The number of Topliss-reactive ketones (excluding diaryl/α,β-unsaturated/α-hetero) is 1. The largest absolute Gasteiger partial charge is 0.481 e. The molecule has 4 amide bonds. The minimum atomic E-state index is -4.70. The van der Waals surface area contributed by atoms with E-state index >= 15 is 0 Å². The molecule has 0 radical (unpaired) electrons. The van der Waals surface area contributed by atoms with E-state index in [1.165, 1.54) is 23.5 Å². The van der Waals surface area contributed by atoms with Gasteiger partial charge in [0.05, 0.1) is 17.5 Å². The van der Waals surface area contributed by atoms with E-state index in [4.69, 9.17) is 0 Å². The van der Waals surface area contributed by atoms with Crippen LogP contribution in [0.1, 0.15) is 46.4 Å². The number of aliphatic carboxylic acids is 1. The second-order valence-corrected chi connectivity index (χ2v) is 14.3. The van der Waals surface area contributed by atoms with Gasteiger partial charge in [-0.05, 0) is 59.2 Å². The van der Waals surface area contributed by atoms with Gasteiger partial charge in [-0.3, -0.25) is 28.8 Å². The third-order valence-corrected chi connectivity index (χ3v) is 9.95. The number of carbonyl (C=O) groups is 6. The molecule has 2 aliphatic rings. The summed E-state index contributed by atoms with van der Waals surface area (Å²) >= 11 is 1.31. The van der Waals surface area contributed by atoms with Crippen LogP contribution in [0.3, 0.4) is 0 Å². The summed E-state index contributed by atoms with van der Waals surface area (Å²) in [5, 5.41) is 22.4. The van der Waals surface area contributed by atoms with Gasteiger partial charge in [-0.1, -0.05) is 66.7 Å². The van der Waals surface area contributed by atoms with Crippen LogP contribution in [0.25, 0.3) is 0 Å². The molecule has 0 fully saturated rings. The summed E-state index contributed by atoms with van der Waals surface area (Å²) in [6.07, 6.45) is -6.25. The molecule has 0 unspecified atom stereocenters. The zero-order valence-corrected chi connectivity index (χ0v) is 30.3. The molecule has 2 aliphatic heterocycles. The summed E-state index contributed by atoms with van der Waals surface area (Å²) in [6.45, 7) is 0. The van der Waals surface area contributed by atoms with Crippen LogP contribution in [0.2, 0.25) is 0 Å². The van der Waals surface area contributed by atoms with Crippen molar-refractivity contribution < 1.29 is 47.0 Å². The lowest BCUT2D eigenvalue weighted by atomic mass is 9.90. The summed E-state index contributed by atoms with van der Waals surface area (Å²) in [6, 6.07) is 18.6. The van der Waals surface area contributed by atoms with Crippen LogP contribution in [-0.4, -0.2) is 58.6 Å². The van der Waals surface area contributed by atoms with Crippen molar-refractivity contribution >= 4 is 52.4 Å². The van der Waals surface area contributed by atoms with Crippen molar-refractivity contribution in [2.45, 2.75) is 69.2 Å². The summed E-state index contributed by atoms with van der Waals surface area (Å²) in [5.74, 6) is -5.95. The van der Waals surface area contributed by atoms with E-state index in [0.717, 1.165) is 12.1 Å². The molecule has 0 aliphatic carbocycles. The Bertz CT molecular complexity index is 1990. The van der Waals surface area contributed by atoms with Crippen molar-refractivity contribution in [1.82, 2.24) is 16.0 Å². The minimum Gasteiger partial charge on any atom is -0.481 e. The number of carboxylic acid groups (broad SMARTS) is 1. The number of carboxylic acids is 1. The number of carbonyl (C=O) groups excluding carboxylic acids is 5. The topological polar surface area (TPSA) is 171 Å². The van der Waals surface area contributed by atoms with Gasteiger partial charge in [0.15, 0.2) is 5.78 Å². The van der Waals surface area contributed by atoms with Gasteiger partial charge in [-0.2, -0.15) is 13.2 Å². The molecule has 4 atom stereocenters. The van der Waals surface area contributed by atoms with E-state index in [2.05, 4.69) is 21.3 Å². The van der Waals surface area contributed by atoms with E-state index in [1.54, 1.807) is 72.1 Å². The third-order valence-electron chi connectivity index (χ3n) is 9.05. The Morgan fingerprint density at radius 2 is 1.33 bits per heavy atom. The van der Waals surface area contributed by atoms with Gasteiger partial charge in [0.25, 0.3) is 0 Å². The Balaban J connectivity index is 1.52. The first kappa shape index (κ1) is 40.4. The molecule has 4 aromatic rings. The van der Waals surface area contributed by atoms with Crippen LogP contribution in [0, 0.1) is 5.92 Å². The summed E-state index contributed by atoms with van der Waals surface area (Å²) < 4.78 is 41.0. The molecule has 2 bridgehead atoms. The fraction of sp³-hybridized carbons (Fsp3) is 0.300. The van der Waals surface area contributed by atoms with E-state index in [-0.39, 0.29) is 37.7 Å². The molecule has 1 aromatic heterocycles. The molecule has 55 heavy (non-hydrogen) atoms. The standard InChI is InChI=1S/C40H39F3N4O7S/c41-40(42,43)28-9-4-8-26(19-28)21-32-37(51)46-31(20-24-6-2-1-3-7-24)34(48)22-27(39(53)54)18-25-11-13-29(14-12-25)44-35(49)15-16-36(50)45-33(38(52)47-32)23-30-10-5-17-55-30/h1-14,17,19,27,31-33H,15-16,18,20-23H2,(H,44,49)(H,45,50)(H,46,51)(H,47,52)(H,53,54)/t27-,31-,32+,33-/m1/s1. The number of halogens is 3. The van der Waals surface area contributed by atoms with Crippen LogP contribution < -0.4 is 21.3 Å². The van der Waals surface area contributed by atoms with Gasteiger partial charge in [0, 0.05) is 42.7 Å². The van der Waals surface area contributed by atoms with Crippen LogP contribution in [0.15, 0.2) is 96.4 Å². The Labute approximate surface area is 318 Å². The van der Waals surface area contributed by atoms with Crippen LogP contribution in [0.4, 0.5) is 18.9 Å². The van der Waals surface area contributed by atoms with E-state index < -0.39 is 84.0 Å². The summed E-state index contributed by atoms with van der Waals surface area (Å²) in [5.41, 5.74) is 0.669. The molecular weight excluding hydrogens is 738 g/mol. The van der Waals surface area contributed by atoms with E-state index in [1.807, 2.05) is 0 Å². The average Bonchev–Trinajstić information content (AvgIpc) is 3.66. The highest BCUT2D eigenvalue weighted by Gasteiger charge is 2.34. The van der Waals surface area contributed by atoms with Gasteiger partial charge < -0.3 is 26.4 Å². The number of hydrogen-bond acceptors (Lipinski definition) is 7. The fourth-order valence-corrected chi connectivity index (χ4v) is 6.91. The number of anilines is 1. The highest BCUT2D eigenvalue weighted by Crippen LogP contribution is 2.30. The van der Waals surface area contributed by atoms with Crippen molar-refractivity contribution in [1.29, 1.82) is 0 Å². The van der Waals surface area contributed by atoms with Crippen molar-refractivity contribution in [3.8, 4) is 0 Å². The molecule has 0 spiro atoms. The second-order valence-electron chi connectivity index (χ2n) is 13.3. The van der Waals surface area contributed by atoms with Crippen LogP contribution >= 0.6 is 11.3 Å². The molecule has 0 saturated carbocycles. The van der Waals surface area contributed by atoms with E-state index in [0.29, 0.717) is 21.7 Å². The first-order valence-electron chi connectivity index (χ1n) is 17.5. The molecule has 11 nitrogen and oxygen atoms in total. The Morgan fingerprint density at radius 1 is 0.691 bits per heavy atom. The second kappa shape index (κ2) is 18.5. The predicted octanol–water partition coefficient (Wildman–Crippen LogP) is 4.88. The Morgan fingerprint density at radius 3 is 1.98 bits per heavy atom. The number of nitrogens with one attached hydrogen (secondary N) is 4. The SMILES string of the molecule is O=C1CCC(=O)N[C@H](Cc2cccs2)C(=O)N[C@@H](Cc2cccc(C(F)(F)F)c2)C(=O)N[C@H](Cc2ccccc2)C(=O)C[C@H](C(=O)O)Cc2ccc(cc2)N1. The van der Waals surface area contributed by atoms with E-state index in [9.17, 15) is 47.0 Å². The number of rotatable bonds is 7. The summed E-state index contributed by atoms with van der Waals surface area (Å²) in [4.78, 5) is 81.0. The number of fused-ring (bicyclic) bond motifs is 18. The van der Waals surface area contributed by atoms with Crippen molar-refractivity contribution in [2.24, 2.45) is 5.92 Å². The normalized spacial score (nSPS) is 20.7. The van der Waals surface area contributed by atoms with Crippen molar-refractivity contribution in [3.63, 3.8) is 0 Å². The number of benzene rings is 3. The van der Waals surface area contributed by atoms with Crippen LogP contribution in [-0.2, 0) is 60.6 Å². The lowest BCUT2D eigenvalue weighted by molar-refractivity contribution is -0.144. The zero-order chi connectivity index (χ0) is 39.5. The van der Waals surface area contributed by atoms with Gasteiger partial charge in [-0.25, -0.2) is 0 Å². The quantitative estimate of drug-likeness (QED) is 0.167. The summed E-state index contributed by atoms with van der Waals surface area (Å²) in [7, 11) is 0. The van der Waals surface area contributed by atoms with Gasteiger partial charge in [0.2, 0.25) is 23.6 Å². The average molecular weight is 777 g/mol. The molecular formula is C40H39F3N4O7S. The Kier molecular flexibility index (Phi) is 13.6. The zero-order valence-electron chi connectivity index (χ0n) is 29.4. The first-order chi connectivity index (χ1) is 26.2. The lowest BCUT2D eigenvalue weighted by Crippen LogP contribution is -2.57. The van der Waals surface area contributed by atoms with Gasteiger partial charge >= 0.3 is 12.1 Å². The maximum Gasteiger partial charge on any atom is 0.416 e. The molecule has 6 rings (SSSR count). The highest BCUT2D eigenvalue weighted by molar-refractivity contribution is 7.09. The number of thiophene rings is 1. The molecule has 0 saturated heterocycles. The number of amides is 4. The van der Waals surface area contributed by atoms with Crippen LogP contribution in [0.5, 0.6) is 0 Å². The van der Waals surface area contributed by atoms with Crippen molar-refractivity contribution in [3.05, 3.63) is 124 Å². The number of hydrogen-bond donors (Lipinski definition) is 5. The maximum absolute atomic E-state index is 14.2. The fourth-order valence-electron chi connectivity index (χ4n) is 6.16. The predicted molar refractivity (Wildman–Crippen MR) is 198 cm³/mol. The van der Waals surface area contributed by atoms with Crippen molar-refractivity contribution in [2.75, 3.05) is 5.32 Å². The molecule has 3 aromatic carbocycles. The minimum absolute atomic E-state index is 0.00260. The smallest absolute Gasteiger partial charge is 0.416 e. The molecule has 3 heterocycles. The first-order valence-corrected chi connectivity index (χ1v) is 18.4. The molecule has 288 valence electrons. The molecule has 15 heteroatoms. The number of ketones is 1. The third kappa shape index (κ3) is 12.1. The highest BCUT2D eigenvalue weighted by atomic mass is 32.1. The van der Waals surface area contributed by atoms with Gasteiger partial charge in [-0.15, -0.1) is 11.3 Å². The Hall–Kier alpha value is -5.83. The monoisotopic (exact) mass is 776 g/mol. The maximum atomic E-state index is 14.2. The van der Waals surface area contributed by atoms with Gasteiger partial charge in [0.1, 0.15) is 12.1 Å². The molecule has 5 N–H and O–H groups in total. The lowest BCUT2D eigenvalue weighted by Gasteiger charge is -2.26. The number of alkyl halides is 3.